The van der Waals surface area contributed by atoms with Gasteiger partial charge in [0.15, 0.2) is 5.76 Å². The average Bonchev–Trinajstić information content (AvgIpc) is 2.98. The Morgan fingerprint density at radius 2 is 1.68 bits per heavy atom. The van der Waals surface area contributed by atoms with Gasteiger partial charge in [0.2, 0.25) is 0 Å². The molecule has 0 amide bonds. The van der Waals surface area contributed by atoms with Crippen molar-refractivity contribution in [2.75, 3.05) is 0 Å². The summed E-state index contributed by atoms with van der Waals surface area (Å²) in [4.78, 5) is 0. The van der Waals surface area contributed by atoms with E-state index in [2.05, 4.69) is 34.5 Å². The van der Waals surface area contributed by atoms with Crippen LogP contribution >= 0.6 is 0 Å². The predicted octanol–water partition coefficient (Wildman–Crippen LogP) is 4.04. The number of nitrogens with zero attached hydrogens (tertiary/aromatic N) is 2. The number of aromatic nitrogens is 2. The van der Waals surface area contributed by atoms with Crippen molar-refractivity contribution in [2.45, 2.75) is 0 Å². The SMILES string of the molecule is c1coc(-c2nncc3cc4ccccc4cc23)c1. The van der Waals surface area contributed by atoms with Gasteiger partial charge in [0.25, 0.3) is 0 Å². The third-order valence-electron chi connectivity index (χ3n) is 3.28. The molecule has 0 spiro atoms. The first kappa shape index (κ1) is 10.3. The fraction of sp³-hybridized carbons (Fsp3) is 0. The van der Waals surface area contributed by atoms with Gasteiger partial charge in [-0.1, -0.05) is 24.3 Å². The molecule has 0 atom stereocenters. The Balaban J connectivity index is 2.12. The zero-order valence-corrected chi connectivity index (χ0v) is 10.1. The summed E-state index contributed by atoms with van der Waals surface area (Å²) in [5, 5.41) is 12.8. The van der Waals surface area contributed by atoms with E-state index in [-0.39, 0.29) is 0 Å². The predicted molar refractivity (Wildman–Crippen MR) is 74.7 cm³/mol. The third kappa shape index (κ3) is 1.59. The second kappa shape index (κ2) is 3.92. The molecule has 0 bridgehead atoms. The lowest BCUT2D eigenvalue weighted by molar-refractivity contribution is 0.579. The van der Waals surface area contributed by atoms with E-state index in [1.165, 1.54) is 10.8 Å². The highest BCUT2D eigenvalue weighted by Crippen LogP contribution is 2.29. The molecule has 0 saturated carbocycles. The summed E-state index contributed by atoms with van der Waals surface area (Å²) < 4.78 is 5.44. The molecular weight excluding hydrogens is 236 g/mol. The molecule has 2 aromatic carbocycles. The topological polar surface area (TPSA) is 38.9 Å². The van der Waals surface area contributed by atoms with Gasteiger partial charge in [0.1, 0.15) is 5.69 Å². The molecule has 0 aliphatic heterocycles. The largest absolute Gasteiger partial charge is 0.463 e. The number of rotatable bonds is 1. The van der Waals surface area contributed by atoms with Crippen molar-refractivity contribution in [3.05, 3.63) is 61.0 Å². The molecule has 19 heavy (non-hydrogen) atoms. The van der Waals surface area contributed by atoms with Crippen LogP contribution in [0, 0.1) is 0 Å². The van der Waals surface area contributed by atoms with Crippen LogP contribution in [0.4, 0.5) is 0 Å². The molecule has 3 heteroatoms. The second-order valence-corrected chi connectivity index (χ2v) is 4.46. The molecule has 4 rings (SSSR count). The van der Waals surface area contributed by atoms with E-state index in [0.717, 1.165) is 22.2 Å². The van der Waals surface area contributed by atoms with E-state index in [1.54, 1.807) is 12.5 Å². The summed E-state index contributed by atoms with van der Waals surface area (Å²) in [6.45, 7) is 0. The highest BCUT2D eigenvalue weighted by molar-refractivity contribution is 6.02. The maximum atomic E-state index is 5.44. The molecule has 3 nitrogen and oxygen atoms in total. The normalized spacial score (nSPS) is 11.2. The standard InChI is InChI=1S/C16H10N2O/c1-2-5-12-9-14-13(8-11(12)4-1)10-17-18-16(14)15-6-3-7-19-15/h1-10H. The lowest BCUT2D eigenvalue weighted by Gasteiger charge is -2.04. The molecule has 90 valence electrons. The van der Waals surface area contributed by atoms with Crippen LogP contribution in [0.15, 0.2) is 65.4 Å². The summed E-state index contributed by atoms with van der Waals surface area (Å²) in [7, 11) is 0. The van der Waals surface area contributed by atoms with Gasteiger partial charge in [-0.25, -0.2) is 0 Å². The minimum atomic E-state index is 0.744. The molecule has 0 unspecified atom stereocenters. The molecule has 0 radical (unpaired) electrons. The van der Waals surface area contributed by atoms with Crippen LogP contribution < -0.4 is 0 Å². The second-order valence-electron chi connectivity index (χ2n) is 4.46. The van der Waals surface area contributed by atoms with E-state index in [1.807, 2.05) is 24.3 Å². The summed E-state index contributed by atoms with van der Waals surface area (Å²) in [6, 6.07) is 16.3. The van der Waals surface area contributed by atoms with Crippen LogP contribution in [0.2, 0.25) is 0 Å². The average molecular weight is 246 g/mol. The van der Waals surface area contributed by atoms with Gasteiger partial charge in [0.05, 0.1) is 12.5 Å². The van der Waals surface area contributed by atoms with Crippen molar-refractivity contribution in [1.82, 2.24) is 10.2 Å². The summed E-state index contributed by atoms with van der Waals surface area (Å²) in [6.07, 6.45) is 3.44. The number of hydrogen-bond acceptors (Lipinski definition) is 3. The minimum Gasteiger partial charge on any atom is -0.463 e. The quantitative estimate of drug-likeness (QED) is 0.476. The minimum absolute atomic E-state index is 0.744. The fourth-order valence-electron chi connectivity index (χ4n) is 2.37. The van der Waals surface area contributed by atoms with Crippen LogP contribution in [-0.4, -0.2) is 10.2 Å². The van der Waals surface area contributed by atoms with Crippen LogP contribution in [0.5, 0.6) is 0 Å². The first-order valence-corrected chi connectivity index (χ1v) is 6.10. The fourth-order valence-corrected chi connectivity index (χ4v) is 2.37. The summed E-state index contributed by atoms with van der Waals surface area (Å²) in [5.74, 6) is 0.744. The molecule has 0 N–H and O–H groups in total. The van der Waals surface area contributed by atoms with E-state index >= 15 is 0 Å². The van der Waals surface area contributed by atoms with E-state index in [9.17, 15) is 0 Å². The molecular formula is C16H10N2O. The van der Waals surface area contributed by atoms with Gasteiger partial charge >= 0.3 is 0 Å². The highest BCUT2D eigenvalue weighted by atomic mass is 16.3. The van der Waals surface area contributed by atoms with Gasteiger partial charge in [-0.2, -0.15) is 5.10 Å². The van der Waals surface area contributed by atoms with Crippen molar-refractivity contribution in [2.24, 2.45) is 0 Å². The molecule has 4 aromatic rings. The Bertz CT molecular complexity index is 866. The van der Waals surface area contributed by atoms with Gasteiger partial charge < -0.3 is 4.42 Å². The van der Waals surface area contributed by atoms with Gasteiger partial charge in [-0.3, -0.25) is 0 Å². The highest BCUT2D eigenvalue weighted by Gasteiger charge is 2.09. The number of furan rings is 1. The maximum Gasteiger partial charge on any atom is 0.154 e. The summed E-state index contributed by atoms with van der Waals surface area (Å²) >= 11 is 0. The van der Waals surface area contributed by atoms with Crippen molar-refractivity contribution in [3.63, 3.8) is 0 Å². The van der Waals surface area contributed by atoms with E-state index < -0.39 is 0 Å². The van der Waals surface area contributed by atoms with Crippen LogP contribution in [0.3, 0.4) is 0 Å². The molecule has 0 aliphatic rings. The zero-order chi connectivity index (χ0) is 12.7. The van der Waals surface area contributed by atoms with Crippen LogP contribution in [0.1, 0.15) is 0 Å². The van der Waals surface area contributed by atoms with E-state index in [4.69, 9.17) is 4.42 Å². The number of hydrogen-bond donors (Lipinski definition) is 0. The molecule has 2 aromatic heterocycles. The van der Waals surface area contributed by atoms with Crippen molar-refractivity contribution in [3.8, 4) is 11.5 Å². The maximum absolute atomic E-state index is 5.44. The Kier molecular flexibility index (Phi) is 2.12. The van der Waals surface area contributed by atoms with Gasteiger partial charge in [0, 0.05) is 10.8 Å². The molecule has 0 aliphatic carbocycles. The zero-order valence-electron chi connectivity index (χ0n) is 10.1. The Morgan fingerprint density at radius 1 is 0.842 bits per heavy atom. The Morgan fingerprint density at radius 3 is 2.47 bits per heavy atom. The van der Waals surface area contributed by atoms with Gasteiger partial charge in [-0.05, 0) is 35.0 Å². The lowest BCUT2D eigenvalue weighted by atomic mass is 10.0. The first-order chi connectivity index (χ1) is 9.42. The Labute approximate surface area is 109 Å². The Hall–Kier alpha value is -2.68. The monoisotopic (exact) mass is 246 g/mol. The third-order valence-corrected chi connectivity index (χ3v) is 3.28. The number of fused-ring (bicyclic) bond motifs is 2. The van der Waals surface area contributed by atoms with Gasteiger partial charge in [-0.15, -0.1) is 5.10 Å². The van der Waals surface area contributed by atoms with E-state index in [0.29, 0.717) is 0 Å². The molecule has 0 saturated heterocycles. The van der Waals surface area contributed by atoms with Crippen LogP contribution in [0.25, 0.3) is 33.0 Å². The van der Waals surface area contributed by atoms with Crippen LogP contribution in [-0.2, 0) is 0 Å². The number of benzene rings is 2. The summed E-state index contributed by atoms with van der Waals surface area (Å²) in [5.41, 5.74) is 0.785. The first-order valence-electron chi connectivity index (χ1n) is 6.10. The molecule has 2 heterocycles. The molecule has 0 fully saturated rings. The van der Waals surface area contributed by atoms with Crippen molar-refractivity contribution < 1.29 is 4.42 Å². The van der Waals surface area contributed by atoms with Crippen molar-refractivity contribution >= 4 is 21.5 Å². The smallest absolute Gasteiger partial charge is 0.154 e. The lowest BCUT2D eigenvalue weighted by Crippen LogP contribution is -1.88. The van der Waals surface area contributed by atoms with Crippen molar-refractivity contribution in [1.29, 1.82) is 0 Å².